The topological polar surface area (TPSA) is 27.1 Å². The van der Waals surface area contributed by atoms with Crippen molar-refractivity contribution < 1.29 is 4.74 Å². The van der Waals surface area contributed by atoms with Gasteiger partial charge in [0.05, 0.1) is 30.0 Å². The lowest BCUT2D eigenvalue weighted by molar-refractivity contribution is -0.0499. The first-order valence-electron chi connectivity index (χ1n) is 6.73. The van der Waals surface area contributed by atoms with E-state index in [2.05, 4.69) is 48.8 Å². The van der Waals surface area contributed by atoms with Gasteiger partial charge in [-0.25, -0.2) is 0 Å². The summed E-state index contributed by atoms with van der Waals surface area (Å²) in [5.74, 6) is 0. The summed E-state index contributed by atoms with van der Waals surface area (Å²) in [6, 6.07) is 6.99. The highest BCUT2D eigenvalue weighted by atomic mass is 16.5. The Morgan fingerprint density at radius 3 is 2.67 bits per heavy atom. The first-order chi connectivity index (χ1) is 8.63. The SMILES string of the molecule is Cc1ccc2cnn(C3CC(C)OC(C)C3)c2c1. The maximum absolute atomic E-state index is 5.81. The minimum Gasteiger partial charge on any atom is -0.375 e. The third-order valence-corrected chi connectivity index (χ3v) is 3.77. The Bertz CT molecular complexity index is 551. The Morgan fingerprint density at radius 1 is 1.22 bits per heavy atom. The Balaban J connectivity index is 2.00. The van der Waals surface area contributed by atoms with Crippen LogP contribution in [0.1, 0.15) is 38.3 Å². The normalized spacial score (nSPS) is 28.7. The number of nitrogens with zero attached hydrogens (tertiary/aromatic N) is 2. The average molecular weight is 244 g/mol. The van der Waals surface area contributed by atoms with Crippen molar-refractivity contribution in [2.45, 2.75) is 51.9 Å². The predicted molar refractivity (Wildman–Crippen MR) is 72.8 cm³/mol. The Kier molecular flexibility index (Phi) is 2.86. The Morgan fingerprint density at radius 2 is 1.94 bits per heavy atom. The number of rotatable bonds is 1. The van der Waals surface area contributed by atoms with Crippen molar-refractivity contribution in [1.82, 2.24) is 9.78 Å². The van der Waals surface area contributed by atoms with Crippen molar-refractivity contribution in [3.63, 3.8) is 0 Å². The second-order valence-electron chi connectivity index (χ2n) is 5.53. The van der Waals surface area contributed by atoms with Gasteiger partial charge in [-0.15, -0.1) is 0 Å². The maximum Gasteiger partial charge on any atom is 0.0688 e. The fourth-order valence-corrected chi connectivity index (χ4v) is 3.01. The van der Waals surface area contributed by atoms with Gasteiger partial charge in [-0.2, -0.15) is 5.10 Å². The molecule has 2 atom stereocenters. The molecule has 0 bridgehead atoms. The summed E-state index contributed by atoms with van der Waals surface area (Å²) in [6.07, 6.45) is 4.72. The minimum absolute atomic E-state index is 0.322. The van der Waals surface area contributed by atoms with Crippen LogP contribution in [0.4, 0.5) is 0 Å². The number of hydrogen-bond donors (Lipinski definition) is 0. The minimum atomic E-state index is 0.322. The van der Waals surface area contributed by atoms with Crippen LogP contribution in [0.15, 0.2) is 24.4 Å². The molecule has 1 aromatic heterocycles. The summed E-state index contributed by atoms with van der Waals surface area (Å²) in [5, 5.41) is 5.82. The summed E-state index contributed by atoms with van der Waals surface area (Å²) >= 11 is 0. The van der Waals surface area contributed by atoms with Crippen molar-refractivity contribution in [3.8, 4) is 0 Å². The zero-order valence-electron chi connectivity index (χ0n) is 11.3. The fraction of sp³-hybridized carbons (Fsp3) is 0.533. The lowest BCUT2D eigenvalue weighted by Gasteiger charge is -2.32. The van der Waals surface area contributed by atoms with E-state index in [0.29, 0.717) is 18.2 Å². The van der Waals surface area contributed by atoms with Crippen LogP contribution in [0.3, 0.4) is 0 Å². The molecule has 1 aliphatic heterocycles. The zero-order chi connectivity index (χ0) is 12.7. The van der Waals surface area contributed by atoms with E-state index in [0.717, 1.165) is 12.8 Å². The van der Waals surface area contributed by atoms with Crippen molar-refractivity contribution in [3.05, 3.63) is 30.0 Å². The second kappa shape index (κ2) is 4.39. The molecule has 1 fully saturated rings. The highest BCUT2D eigenvalue weighted by molar-refractivity contribution is 5.79. The summed E-state index contributed by atoms with van der Waals surface area (Å²) in [4.78, 5) is 0. The lowest BCUT2D eigenvalue weighted by Crippen LogP contribution is -2.31. The van der Waals surface area contributed by atoms with Crippen molar-refractivity contribution >= 4 is 10.9 Å². The first kappa shape index (κ1) is 11.7. The molecule has 0 radical (unpaired) electrons. The van der Waals surface area contributed by atoms with Gasteiger partial charge in [0.15, 0.2) is 0 Å². The van der Waals surface area contributed by atoms with Crippen LogP contribution in [-0.4, -0.2) is 22.0 Å². The second-order valence-corrected chi connectivity index (χ2v) is 5.53. The molecule has 0 spiro atoms. The molecule has 2 heterocycles. The van der Waals surface area contributed by atoms with Gasteiger partial charge in [0.2, 0.25) is 0 Å². The van der Waals surface area contributed by atoms with Gasteiger partial charge in [0, 0.05) is 5.39 Å². The first-order valence-corrected chi connectivity index (χ1v) is 6.73. The Labute approximate surface area is 108 Å². The van der Waals surface area contributed by atoms with Gasteiger partial charge in [0.25, 0.3) is 0 Å². The molecule has 3 heteroatoms. The number of ether oxygens (including phenoxy) is 1. The van der Waals surface area contributed by atoms with Crippen LogP contribution in [-0.2, 0) is 4.74 Å². The molecule has 1 aliphatic rings. The van der Waals surface area contributed by atoms with Crippen LogP contribution in [0, 0.1) is 6.92 Å². The third kappa shape index (κ3) is 2.03. The highest BCUT2D eigenvalue weighted by Gasteiger charge is 2.26. The molecular weight excluding hydrogens is 224 g/mol. The van der Waals surface area contributed by atoms with E-state index in [1.807, 2.05) is 6.20 Å². The van der Waals surface area contributed by atoms with E-state index in [1.165, 1.54) is 16.5 Å². The molecule has 0 aliphatic carbocycles. The summed E-state index contributed by atoms with van der Waals surface area (Å²) in [5.41, 5.74) is 2.54. The number of aryl methyl sites for hydroxylation is 1. The smallest absolute Gasteiger partial charge is 0.0688 e. The quantitative estimate of drug-likeness (QED) is 0.768. The van der Waals surface area contributed by atoms with Crippen molar-refractivity contribution in [2.24, 2.45) is 0 Å². The van der Waals surface area contributed by atoms with E-state index in [-0.39, 0.29) is 0 Å². The van der Waals surface area contributed by atoms with Crippen LogP contribution in [0.5, 0.6) is 0 Å². The fourth-order valence-electron chi connectivity index (χ4n) is 3.01. The van der Waals surface area contributed by atoms with Crippen molar-refractivity contribution in [2.75, 3.05) is 0 Å². The molecular formula is C15H20N2O. The number of fused-ring (bicyclic) bond motifs is 1. The molecule has 0 saturated carbocycles. The van der Waals surface area contributed by atoms with Crippen LogP contribution >= 0.6 is 0 Å². The molecule has 2 aromatic rings. The van der Waals surface area contributed by atoms with Gasteiger partial charge < -0.3 is 4.74 Å². The molecule has 2 unspecified atom stereocenters. The van der Waals surface area contributed by atoms with E-state index >= 15 is 0 Å². The molecule has 3 nitrogen and oxygen atoms in total. The summed E-state index contributed by atoms with van der Waals surface area (Å²) < 4.78 is 8.00. The molecule has 0 N–H and O–H groups in total. The molecule has 1 aromatic carbocycles. The van der Waals surface area contributed by atoms with Gasteiger partial charge in [0.1, 0.15) is 0 Å². The monoisotopic (exact) mass is 244 g/mol. The van der Waals surface area contributed by atoms with Gasteiger partial charge in [-0.05, 0) is 45.2 Å². The number of hydrogen-bond acceptors (Lipinski definition) is 2. The third-order valence-electron chi connectivity index (χ3n) is 3.77. The maximum atomic E-state index is 5.81. The summed E-state index contributed by atoms with van der Waals surface area (Å²) in [6.45, 7) is 6.44. The molecule has 96 valence electrons. The lowest BCUT2D eigenvalue weighted by atomic mass is 10.00. The van der Waals surface area contributed by atoms with Crippen LogP contribution < -0.4 is 0 Å². The summed E-state index contributed by atoms with van der Waals surface area (Å²) in [7, 11) is 0. The Hall–Kier alpha value is -1.35. The van der Waals surface area contributed by atoms with Gasteiger partial charge >= 0.3 is 0 Å². The largest absolute Gasteiger partial charge is 0.375 e. The van der Waals surface area contributed by atoms with E-state index in [4.69, 9.17) is 4.74 Å². The van der Waals surface area contributed by atoms with E-state index < -0.39 is 0 Å². The average Bonchev–Trinajstić information content (AvgIpc) is 2.70. The standard InChI is InChI=1S/C15H20N2O/c1-10-4-5-13-9-16-17(15(13)6-10)14-7-11(2)18-12(3)8-14/h4-6,9,11-12,14H,7-8H2,1-3H3. The van der Waals surface area contributed by atoms with Gasteiger partial charge in [-0.1, -0.05) is 12.1 Å². The van der Waals surface area contributed by atoms with Crippen LogP contribution in [0.25, 0.3) is 10.9 Å². The number of benzene rings is 1. The van der Waals surface area contributed by atoms with Crippen LogP contribution in [0.2, 0.25) is 0 Å². The molecule has 18 heavy (non-hydrogen) atoms. The molecule has 1 saturated heterocycles. The molecule has 0 amide bonds. The van der Waals surface area contributed by atoms with E-state index in [9.17, 15) is 0 Å². The zero-order valence-corrected chi connectivity index (χ0v) is 11.3. The van der Waals surface area contributed by atoms with Gasteiger partial charge in [-0.3, -0.25) is 4.68 Å². The number of aromatic nitrogens is 2. The highest BCUT2D eigenvalue weighted by Crippen LogP contribution is 2.31. The molecule has 3 rings (SSSR count). The predicted octanol–water partition coefficient (Wildman–Crippen LogP) is 3.47. The van der Waals surface area contributed by atoms with Crippen molar-refractivity contribution in [1.29, 1.82) is 0 Å². The van der Waals surface area contributed by atoms with E-state index in [1.54, 1.807) is 0 Å².